The molecule has 0 bridgehead atoms. The first-order valence-corrected chi connectivity index (χ1v) is 12.7. The highest BCUT2D eigenvalue weighted by atomic mass is 35.5. The molecule has 1 saturated heterocycles. The van der Waals surface area contributed by atoms with Gasteiger partial charge in [0.05, 0.1) is 28.9 Å². The van der Waals surface area contributed by atoms with Crippen LogP contribution in [0.3, 0.4) is 0 Å². The van der Waals surface area contributed by atoms with Gasteiger partial charge in [-0.1, -0.05) is 23.2 Å². The summed E-state index contributed by atoms with van der Waals surface area (Å²) in [6, 6.07) is 11.0. The molecule has 0 unspecified atom stereocenters. The van der Waals surface area contributed by atoms with Crippen molar-refractivity contribution in [2.75, 3.05) is 19.7 Å². The van der Waals surface area contributed by atoms with E-state index in [1.807, 2.05) is 6.07 Å². The molecule has 1 fully saturated rings. The second-order valence-electron chi connectivity index (χ2n) is 7.13. The Bertz CT molecular complexity index is 1240. The molecule has 0 spiro atoms. The molecule has 1 aliphatic rings. The third-order valence-corrected chi connectivity index (χ3v) is 9.78. The van der Waals surface area contributed by atoms with E-state index in [4.69, 9.17) is 28.5 Å². The Morgan fingerprint density at radius 2 is 1.71 bits per heavy atom. The highest BCUT2D eigenvalue weighted by Crippen LogP contribution is 2.36. The van der Waals surface area contributed by atoms with Crippen LogP contribution in [-0.2, 0) is 26.3 Å². The lowest BCUT2D eigenvalue weighted by atomic mass is 10.1. The number of aliphatic hydroxyl groups excluding tert-OH is 1. The Kier molecular flexibility index (Phi) is 6.70. The van der Waals surface area contributed by atoms with Gasteiger partial charge in [-0.15, -0.1) is 0 Å². The van der Waals surface area contributed by atoms with Crippen LogP contribution in [0.5, 0.6) is 0 Å². The molecule has 2 aromatic carbocycles. The SMILES string of the molecule is N#CCc1cc(Cl)ccc1S(=O)(=O)N1C[C@H](S(=O)(=O)c2ccc(Cl)cc2)[C@](O)(CO)C1. The summed E-state index contributed by atoms with van der Waals surface area (Å²) in [6.07, 6.45) is -0.236. The van der Waals surface area contributed by atoms with E-state index < -0.39 is 50.4 Å². The van der Waals surface area contributed by atoms with Crippen molar-refractivity contribution in [1.82, 2.24) is 4.31 Å². The van der Waals surface area contributed by atoms with Crippen molar-refractivity contribution in [3.8, 4) is 6.07 Å². The minimum absolute atomic E-state index is 0.145. The molecule has 31 heavy (non-hydrogen) atoms. The average molecular weight is 505 g/mol. The lowest BCUT2D eigenvalue weighted by molar-refractivity contribution is 0.00160. The third kappa shape index (κ3) is 4.45. The zero-order valence-corrected chi connectivity index (χ0v) is 19.1. The molecule has 1 heterocycles. The normalized spacial score (nSPS) is 22.4. The van der Waals surface area contributed by atoms with Crippen LogP contribution in [0.1, 0.15) is 5.56 Å². The molecule has 8 nitrogen and oxygen atoms in total. The highest BCUT2D eigenvalue weighted by molar-refractivity contribution is 7.92. The van der Waals surface area contributed by atoms with Gasteiger partial charge in [-0.05, 0) is 48.0 Å². The number of halogens is 2. The molecule has 2 aromatic rings. The van der Waals surface area contributed by atoms with Crippen LogP contribution in [0.4, 0.5) is 0 Å². The van der Waals surface area contributed by atoms with Crippen molar-refractivity contribution in [2.45, 2.75) is 27.1 Å². The van der Waals surface area contributed by atoms with E-state index in [0.717, 1.165) is 4.31 Å². The van der Waals surface area contributed by atoms with Crippen molar-refractivity contribution >= 4 is 43.1 Å². The maximum absolute atomic E-state index is 13.3. The van der Waals surface area contributed by atoms with Crippen LogP contribution in [0.15, 0.2) is 52.3 Å². The van der Waals surface area contributed by atoms with E-state index in [-0.39, 0.29) is 26.8 Å². The van der Waals surface area contributed by atoms with E-state index >= 15 is 0 Å². The summed E-state index contributed by atoms with van der Waals surface area (Å²) in [4.78, 5) is -0.382. The van der Waals surface area contributed by atoms with E-state index in [1.54, 1.807) is 0 Å². The fourth-order valence-electron chi connectivity index (χ4n) is 3.50. The summed E-state index contributed by atoms with van der Waals surface area (Å²) in [6.45, 7) is -2.20. The molecule has 12 heteroatoms. The van der Waals surface area contributed by atoms with Gasteiger partial charge in [0.1, 0.15) is 10.9 Å². The molecule has 166 valence electrons. The van der Waals surface area contributed by atoms with Gasteiger partial charge in [-0.3, -0.25) is 0 Å². The van der Waals surface area contributed by atoms with Gasteiger partial charge >= 0.3 is 0 Å². The zero-order chi connectivity index (χ0) is 23.0. The van der Waals surface area contributed by atoms with Gasteiger partial charge in [-0.2, -0.15) is 9.57 Å². The number of hydrogen-bond acceptors (Lipinski definition) is 7. The lowest BCUT2D eigenvalue weighted by Crippen LogP contribution is -2.49. The molecular weight excluding hydrogens is 487 g/mol. The Labute approximate surface area is 190 Å². The summed E-state index contributed by atoms with van der Waals surface area (Å²) >= 11 is 11.7. The van der Waals surface area contributed by atoms with Crippen molar-refractivity contribution in [3.05, 3.63) is 58.1 Å². The number of aliphatic hydroxyl groups is 2. The monoisotopic (exact) mass is 504 g/mol. The predicted octanol–water partition coefficient (Wildman–Crippen LogP) is 1.63. The van der Waals surface area contributed by atoms with Crippen LogP contribution in [0.25, 0.3) is 0 Å². The number of benzene rings is 2. The van der Waals surface area contributed by atoms with Gasteiger partial charge in [0.2, 0.25) is 10.0 Å². The fraction of sp³-hybridized carbons (Fsp3) is 0.316. The molecule has 3 rings (SSSR count). The summed E-state index contributed by atoms with van der Waals surface area (Å²) in [5.41, 5.74) is -2.08. The maximum atomic E-state index is 13.3. The summed E-state index contributed by atoms with van der Waals surface area (Å²) < 4.78 is 53.6. The van der Waals surface area contributed by atoms with Crippen molar-refractivity contribution < 1.29 is 27.0 Å². The Morgan fingerprint density at radius 1 is 1.10 bits per heavy atom. The Morgan fingerprint density at radius 3 is 2.29 bits per heavy atom. The maximum Gasteiger partial charge on any atom is 0.243 e. The van der Waals surface area contributed by atoms with Crippen molar-refractivity contribution in [2.24, 2.45) is 0 Å². The van der Waals surface area contributed by atoms with E-state index in [1.165, 1.54) is 42.5 Å². The molecule has 0 aliphatic carbocycles. The van der Waals surface area contributed by atoms with Crippen LogP contribution < -0.4 is 0 Å². The largest absolute Gasteiger partial charge is 0.393 e. The number of hydrogen-bond donors (Lipinski definition) is 2. The highest BCUT2D eigenvalue weighted by Gasteiger charge is 2.55. The molecule has 0 radical (unpaired) electrons. The first-order chi connectivity index (χ1) is 14.5. The number of sulfonamides is 1. The Balaban J connectivity index is 2.04. The topological polar surface area (TPSA) is 136 Å². The predicted molar refractivity (Wildman–Crippen MR) is 114 cm³/mol. The number of nitriles is 1. The standard InChI is InChI=1S/C19H18Cl2N2O6S2/c20-14-1-4-16(5-2-14)30(26,27)18-10-23(11-19(18,25)12-24)31(28,29)17-6-3-15(21)9-13(17)7-8-22/h1-6,9,18,24-25H,7,10-12H2/t18-,19+/m0/s1. The molecule has 0 amide bonds. The summed E-state index contributed by atoms with van der Waals surface area (Å²) in [7, 11) is -8.53. The molecular formula is C19H18Cl2N2O6S2. The molecule has 0 aromatic heterocycles. The number of rotatable bonds is 6. The molecule has 2 atom stereocenters. The van der Waals surface area contributed by atoms with E-state index in [2.05, 4.69) is 0 Å². The summed E-state index contributed by atoms with van der Waals surface area (Å²) in [5.74, 6) is 0. The van der Waals surface area contributed by atoms with E-state index in [9.17, 15) is 27.0 Å². The first-order valence-electron chi connectivity index (χ1n) is 8.94. The number of sulfone groups is 1. The fourth-order valence-corrected chi connectivity index (χ4v) is 7.58. The van der Waals surface area contributed by atoms with E-state index in [0.29, 0.717) is 5.02 Å². The first kappa shape index (κ1) is 23.9. The van der Waals surface area contributed by atoms with Crippen LogP contribution in [0, 0.1) is 11.3 Å². The molecule has 0 saturated carbocycles. The quantitative estimate of drug-likeness (QED) is 0.609. The second kappa shape index (κ2) is 8.67. The number of β-amino-alcohol motifs (C(OH)–C–C–N with tert-alkyl or cyclic N) is 1. The second-order valence-corrected chi connectivity index (χ2v) is 12.0. The van der Waals surface area contributed by atoms with Crippen LogP contribution in [0.2, 0.25) is 10.0 Å². The van der Waals surface area contributed by atoms with Crippen molar-refractivity contribution in [1.29, 1.82) is 5.26 Å². The average Bonchev–Trinajstić information content (AvgIpc) is 3.08. The Hall–Kier alpha value is -1.71. The van der Waals surface area contributed by atoms with Crippen LogP contribution >= 0.6 is 23.2 Å². The van der Waals surface area contributed by atoms with Crippen LogP contribution in [-0.4, -0.2) is 61.9 Å². The number of nitrogens with zero attached hydrogens (tertiary/aromatic N) is 2. The van der Waals surface area contributed by atoms with Gasteiger partial charge in [-0.25, -0.2) is 16.8 Å². The van der Waals surface area contributed by atoms with Gasteiger partial charge in [0.25, 0.3) is 0 Å². The van der Waals surface area contributed by atoms with Gasteiger partial charge in [0.15, 0.2) is 9.84 Å². The summed E-state index contributed by atoms with van der Waals surface area (Å²) in [5, 5.41) is 28.6. The smallest absolute Gasteiger partial charge is 0.243 e. The zero-order valence-electron chi connectivity index (χ0n) is 15.9. The van der Waals surface area contributed by atoms with Gasteiger partial charge < -0.3 is 10.2 Å². The third-order valence-electron chi connectivity index (χ3n) is 5.12. The minimum Gasteiger partial charge on any atom is -0.393 e. The minimum atomic E-state index is -4.30. The molecule has 1 aliphatic heterocycles. The lowest BCUT2D eigenvalue weighted by Gasteiger charge is -2.26. The van der Waals surface area contributed by atoms with Crippen molar-refractivity contribution in [3.63, 3.8) is 0 Å². The van der Waals surface area contributed by atoms with Gasteiger partial charge in [0, 0.05) is 23.1 Å². The molecule has 2 N–H and O–H groups in total.